The lowest BCUT2D eigenvalue weighted by atomic mass is 10.1. The van der Waals surface area contributed by atoms with Gasteiger partial charge in [0, 0.05) is 45.7 Å². The molecule has 5 nitrogen and oxygen atoms in total. The quantitative estimate of drug-likeness (QED) is 0.805. The van der Waals surface area contributed by atoms with Gasteiger partial charge in [-0.05, 0) is 17.2 Å². The summed E-state index contributed by atoms with van der Waals surface area (Å²) < 4.78 is 10.9. The summed E-state index contributed by atoms with van der Waals surface area (Å²) in [5.74, 6) is 1.03. The number of rotatable bonds is 7. The van der Waals surface area contributed by atoms with Gasteiger partial charge in [0.1, 0.15) is 5.75 Å². The van der Waals surface area contributed by atoms with Crippen LogP contribution in [0.1, 0.15) is 11.1 Å². The van der Waals surface area contributed by atoms with Crippen LogP contribution in [0.4, 0.5) is 0 Å². The lowest BCUT2D eigenvalue weighted by molar-refractivity contribution is 0.0320. The number of benzene rings is 1. The number of fused-ring (bicyclic) bond motifs is 1. The first kappa shape index (κ1) is 15.7. The van der Waals surface area contributed by atoms with Crippen molar-refractivity contribution in [2.75, 3.05) is 59.2 Å². The molecule has 5 heteroatoms. The van der Waals surface area contributed by atoms with E-state index in [9.17, 15) is 5.11 Å². The van der Waals surface area contributed by atoms with E-state index in [0.717, 1.165) is 71.3 Å². The predicted octanol–water partition coefficient (Wildman–Crippen LogP) is 0.748. The first-order chi connectivity index (χ1) is 10.8. The fraction of sp³-hybridized carbons (Fsp3) is 0.647. The van der Waals surface area contributed by atoms with Crippen molar-refractivity contribution < 1.29 is 14.6 Å². The summed E-state index contributed by atoms with van der Waals surface area (Å²) in [7, 11) is 0. The third-order valence-electron chi connectivity index (χ3n) is 4.41. The van der Waals surface area contributed by atoms with Crippen molar-refractivity contribution in [3.8, 4) is 5.75 Å². The van der Waals surface area contributed by atoms with Crippen molar-refractivity contribution in [3.05, 3.63) is 29.3 Å². The molecule has 0 bridgehead atoms. The molecule has 22 heavy (non-hydrogen) atoms. The van der Waals surface area contributed by atoms with Crippen molar-refractivity contribution in [2.45, 2.75) is 13.0 Å². The molecule has 0 radical (unpaired) electrons. The molecule has 2 heterocycles. The predicted molar refractivity (Wildman–Crippen MR) is 85.3 cm³/mol. The second kappa shape index (κ2) is 7.92. The molecule has 2 aliphatic heterocycles. The normalized spacial score (nSPS) is 18.5. The van der Waals surface area contributed by atoms with Crippen LogP contribution in [0.15, 0.2) is 18.2 Å². The second-order valence-electron chi connectivity index (χ2n) is 5.99. The van der Waals surface area contributed by atoms with Gasteiger partial charge >= 0.3 is 0 Å². The molecule has 1 aromatic rings. The van der Waals surface area contributed by atoms with Gasteiger partial charge in [-0.15, -0.1) is 0 Å². The minimum absolute atomic E-state index is 0.206. The first-order valence-corrected chi connectivity index (χ1v) is 8.23. The topological polar surface area (TPSA) is 45.2 Å². The molecule has 0 atom stereocenters. The van der Waals surface area contributed by atoms with Crippen LogP contribution in [0.3, 0.4) is 0 Å². The van der Waals surface area contributed by atoms with Crippen molar-refractivity contribution in [2.24, 2.45) is 0 Å². The van der Waals surface area contributed by atoms with E-state index in [1.807, 2.05) is 0 Å². The van der Waals surface area contributed by atoms with Gasteiger partial charge in [0.05, 0.1) is 26.4 Å². The number of hydrogen-bond acceptors (Lipinski definition) is 5. The lowest BCUT2D eigenvalue weighted by Gasteiger charge is -2.30. The monoisotopic (exact) mass is 306 g/mol. The standard InChI is InChI=1S/C17H26N2O3/c20-9-6-19(5-4-18-7-11-21-12-8-18)14-15-1-2-17-16(13-15)3-10-22-17/h1-2,13,20H,3-12,14H2. The Bertz CT molecular complexity index is 475. The van der Waals surface area contributed by atoms with Crippen molar-refractivity contribution in [1.82, 2.24) is 9.80 Å². The third-order valence-corrected chi connectivity index (χ3v) is 4.41. The summed E-state index contributed by atoms with van der Waals surface area (Å²) >= 11 is 0. The van der Waals surface area contributed by atoms with Crippen LogP contribution in [0.5, 0.6) is 5.75 Å². The number of hydrogen-bond donors (Lipinski definition) is 1. The van der Waals surface area contributed by atoms with Crippen LogP contribution in [0.2, 0.25) is 0 Å². The Balaban J connectivity index is 1.54. The summed E-state index contributed by atoms with van der Waals surface area (Å²) in [5.41, 5.74) is 2.62. The van der Waals surface area contributed by atoms with Gasteiger partial charge in [-0.3, -0.25) is 9.80 Å². The summed E-state index contributed by atoms with van der Waals surface area (Å²) in [6.45, 7) is 8.34. The zero-order valence-corrected chi connectivity index (χ0v) is 13.2. The Morgan fingerprint density at radius 2 is 2.00 bits per heavy atom. The largest absolute Gasteiger partial charge is 0.493 e. The average molecular weight is 306 g/mol. The summed E-state index contributed by atoms with van der Waals surface area (Å²) in [6.07, 6.45) is 1.01. The van der Waals surface area contributed by atoms with E-state index in [1.54, 1.807) is 0 Å². The second-order valence-corrected chi connectivity index (χ2v) is 5.99. The lowest BCUT2D eigenvalue weighted by Crippen LogP contribution is -2.41. The van der Waals surface area contributed by atoms with Gasteiger partial charge in [-0.2, -0.15) is 0 Å². The van der Waals surface area contributed by atoms with E-state index >= 15 is 0 Å². The summed E-state index contributed by atoms with van der Waals surface area (Å²) in [6, 6.07) is 6.47. The molecule has 1 N–H and O–H groups in total. The van der Waals surface area contributed by atoms with E-state index in [0.29, 0.717) is 0 Å². The van der Waals surface area contributed by atoms with Gasteiger partial charge in [-0.1, -0.05) is 12.1 Å². The molecule has 2 aliphatic rings. The smallest absolute Gasteiger partial charge is 0.122 e. The fourth-order valence-electron chi connectivity index (χ4n) is 3.12. The van der Waals surface area contributed by atoms with Crippen LogP contribution < -0.4 is 4.74 Å². The molecule has 1 aromatic carbocycles. The molecule has 1 fully saturated rings. The molecule has 1 saturated heterocycles. The molecule has 0 unspecified atom stereocenters. The van der Waals surface area contributed by atoms with Crippen LogP contribution in [0.25, 0.3) is 0 Å². The molecule has 0 amide bonds. The highest BCUT2D eigenvalue weighted by Gasteiger charge is 2.15. The van der Waals surface area contributed by atoms with E-state index < -0.39 is 0 Å². The Labute approximate surface area is 132 Å². The minimum atomic E-state index is 0.206. The zero-order chi connectivity index (χ0) is 15.2. The first-order valence-electron chi connectivity index (χ1n) is 8.23. The minimum Gasteiger partial charge on any atom is -0.493 e. The van der Waals surface area contributed by atoms with E-state index in [-0.39, 0.29) is 6.61 Å². The number of nitrogens with zero attached hydrogens (tertiary/aromatic N) is 2. The molecule has 0 saturated carbocycles. The van der Waals surface area contributed by atoms with Gasteiger partial charge in [0.15, 0.2) is 0 Å². The van der Waals surface area contributed by atoms with Crippen molar-refractivity contribution in [3.63, 3.8) is 0 Å². The van der Waals surface area contributed by atoms with Gasteiger partial charge in [0.2, 0.25) is 0 Å². The van der Waals surface area contributed by atoms with Gasteiger partial charge in [0.25, 0.3) is 0 Å². The highest BCUT2D eigenvalue weighted by molar-refractivity contribution is 5.39. The maximum Gasteiger partial charge on any atom is 0.122 e. The number of morpholine rings is 1. The Morgan fingerprint density at radius 3 is 2.82 bits per heavy atom. The SMILES string of the molecule is OCCN(CCN1CCOCC1)Cc1ccc2c(c1)CCO2. The summed E-state index contributed by atoms with van der Waals surface area (Å²) in [5, 5.41) is 9.31. The van der Waals surface area contributed by atoms with Gasteiger partial charge < -0.3 is 14.6 Å². The number of aliphatic hydroxyl groups is 1. The maximum absolute atomic E-state index is 9.31. The maximum atomic E-state index is 9.31. The molecule has 0 aromatic heterocycles. The van der Waals surface area contributed by atoms with Crippen LogP contribution in [-0.4, -0.2) is 74.1 Å². The Kier molecular flexibility index (Phi) is 5.67. The van der Waals surface area contributed by atoms with E-state index in [1.165, 1.54) is 11.1 Å². The van der Waals surface area contributed by atoms with Crippen LogP contribution >= 0.6 is 0 Å². The van der Waals surface area contributed by atoms with Crippen molar-refractivity contribution in [1.29, 1.82) is 0 Å². The molecule has 122 valence electrons. The van der Waals surface area contributed by atoms with Crippen molar-refractivity contribution >= 4 is 0 Å². The Morgan fingerprint density at radius 1 is 1.14 bits per heavy atom. The zero-order valence-electron chi connectivity index (χ0n) is 13.2. The molecule has 0 spiro atoms. The molecular weight excluding hydrogens is 280 g/mol. The van der Waals surface area contributed by atoms with Gasteiger partial charge in [-0.25, -0.2) is 0 Å². The van der Waals surface area contributed by atoms with Crippen LogP contribution in [0, 0.1) is 0 Å². The molecular formula is C17H26N2O3. The van der Waals surface area contributed by atoms with E-state index in [4.69, 9.17) is 9.47 Å². The third kappa shape index (κ3) is 4.20. The average Bonchev–Trinajstić information content (AvgIpc) is 3.01. The van der Waals surface area contributed by atoms with Crippen LogP contribution in [-0.2, 0) is 17.7 Å². The molecule has 0 aliphatic carbocycles. The number of ether oxygens (including phenoxy) is 2. The summed E-state index contributed by atoms with van der Waals surface area (Å²) in [4.78, 5) is 4.76. The highest BCUT2D eigenvalue weighted by atomic mass is 16.5. The fourth-order valence-corrected chi connectivity index (χ4v) is 3.12. The molecule has 3 rings (SSSR count). The van der Waals surface area contributed by atoms with E-state index in [2.05, 4.69) is 28.0 Å². The Hall–Kier alpha value is -1.14. The highest BCUT2D eigenvalue weighted by Crippen LogP contribution is 2.26. The number of aliphatic hydroxyl groups excluding tert-OH is 1.